The Bertz CT molecular complexity index is 283. The maximum atomic E-state index is 8.86. The minimum Gasteiger partial charge on any atom is -0.396 e. The number of aliphatic hydroxyl groups excluding tert-OH is 1. The van der Waals surface area contributed by atoms with Gasteiger partial charge in [0.2, 0.25) is 0 Å². The van der Waals surface area contributed by atoms with Crippen LogP contribution in [0.1, 0.15) is 23.7 Å². The summed E-state index contributed by atoms with van der Waals surface area (Å²) in [7, 11) is 0. The normalized spacial score (nSPS) is 21.2. The van der Waals surface area contributed by atoms with E-state index >= 15 is 0 Å². The van der Waals surface area contributed by atoms with E-state index < -0.39 is 0 Å². The van der Waals surface area contributed by atoms with E-state index in [1.54, 1.807) is 0 Å². The molecule has 1 heterocycles. The molecule has 0 aromatic heterocycles. The molecule has 1 aliphatic rings. The fourth-order valence-electron chi connectivity index (χ4n) is 1.83. The van der Waals surface area contributed by atoms with E-state index in [0.29, 0.717) is 6.42 Å². The van der Waals surface area contributed by atoms with Gasteiger partial charge < -0.3 is 9.84 Å². The van der Waals surface area contributed by atoms with Crippen molar-refractivity contribution in [1.82, 2.24) is 0 Å². The van der Waals surface area contributed by atoms with Crippen molar-refractivity contribution in [1.29, 1.82) is 0 Å². The second kappa shape index (κ2) is 3.90. The number of rotatable bonds is 2. The van der Waals surface area contributed by atoms with Crippen LogP contribution < -0.4 is 0 Å². The van der Waals surface area contributed by atoms with Crippen LogP contribution in [-0.4, -0.2) is 18.3 Å². The lowest BCUT2D eigenvalue weighted by molar-refractivity contribution is 0.0254. The standard InChI is InChI=1S/C11H14O2/c12-7-5-11-10-4-2-1-3-9(10)6-8-13-11/h1-4,11-12H,5-8H2/t11-/m1/s1. The maximum absolute atomic E-state index is 8.86. The molecule has 2 nitrogen and oxygen atoms in total. The molecule has 13 heavy (non-hydrogen) atoms. The minimum atomic E-state index is 0.106. The smallest absolute Gasteiger partial charge is 0.0849 e. The maximum Gasteiger partial charge on any atom is 0.0849 e. The van der Waals surface area contributed by atoms with Gasteiger partial charge in [-0.1, -0.05) is 24.3 Å². The van der Waals surface area contributed by atoms with Crippen LogP contribution in [0.3, 0.4) is 0 Å². The highest BCUT2D eigenvalue weighted by molar-refractivity contribution is 5.30. The van der Waals surface area contributed by atoms with Crippen LogP contribution >= 0.6 is 0 Å². The van der Waals surface area contributed by atoms with E-state index in [0.717, 1.165) is 13.0 Å². The highest BCUT2D eigenvalue weighted by atomic mass is 16.5. The molecule has 0 fully saturated rings. The zero-order chi connectivity index (χ0) is 9.10. The lowest BCUT2D eigenvalue weighted by atomic mass is 9.96. The molecule has 0 saturated carbocycles. The molecule has 0 radical (unpaired) electrons. The highest BCUT2D eigenvalue weighted by Crippen LogP contribution is 2.28. The summed E-state index contributed by atoms with van der Waals surface area (Å²) in [6.45, 7) is 0.973. The van der Waals surface area contributed by atoms with Crippen LogP contribution in [0.5, 0.6) is 0 Å². The van der Waals surface area contributed by atoms with Crippen molar-refractivity contribution in [3.63, 3.8) is 0 Å². The third kappa shape index (κ3) is 1.74. The quantitative estimate of drug-likeness (QED) is 0.746. The van der Waals surface area contributed by atoms with Crippen molar-refractivity contribution in [3.8, 4) is 0 Å². The highest BCUT2D eigenvalue weighted by Gasteiger charge is 2.19. The number of hydrogen-bond acceptors (Lipinski definition) is 2. The summed E-state index contributed by atoms with van der Waals surface area (Å²) in [5.41, 5.74) is 2.62. The molecule has 1 aromatic carbocycles. The minimum absolute atomic E-state index is 0.106. The topological polar surface area (TPSA) is 29.5 Å². The number of benzene rings is 1. The second-order valence-electron chi connectivity index (χ2n) is 3.32. The number of ether oxygens (including phenoxy) is 1. The zero-order valence-electron chi connectivity index (χ0n) is 7.57. The lowest BCUT2D eigenvalue weighted by Crippen LogP contribution is -2.17. The van der Waals surface area contributed by atoms with E-state index in [1.807, 2.05) is 6.07 Å². The molecule has 2 heteroatoms. The monoisotopic (exact) mass is 178 g/mol. The van der Waals surface area contributed by atoms with Gasteiger partial charge in [-0.25, -0.2) is 0 Å². The van der Waals surface area contributed by atoms with Crippen LogP contribution in [0.2, 0.25) is 0 Å². The summed E-state index contributed by atoms with van der Waals surface area (Å²) in [6.07, 6.45) is 1.81. The van der Waals surface area contributed by atoms with Gasteiger partial charge in [-0.2, -0.15) is 0 Å². The van der Waals surface area contributed by atoms with Gasteiger partial charge in [0.1, 0.15) is 0 Å². The molecular weight excluding hydrogens is 164 g/mol. The largest absolute Gasteiger partial charge is 0.396 e. The molecule has 0 saturated heterocycles. The van der Waals surface area contributed by atoms with Crippen molar-refractivity contribution in [2.75, 3.05) is 13.2 Å². The third-order valence-corrected chi connectivity index (χ3v) is 2.48. The van der Waals surface area contributed by atoms with Gasteiger partial charge in [-0.05, 0) is 17.5 Å². The van der Waals surface area contributed by atoms with Gasteiger partial charge in [-0.3, -0.25) is 0 Å². The molecule has 0 amide bonds. The summed E-state index contributed by atoms with van der Waals surface area (Å²) >= 11 is 0. The van der Waals surface area contributed by atoms with Crippen molar-refractivity contribution in [2.45, 2.75) is 18.9 Å². The first-order chi connectivity index (χ1) is 6.42. The van der Waals surface area contributed by atoms with Crippen molar-refractivity contribution < 1.29 is 9.84 Å². The molecule has 0 unspecified atom stereocenters. The summed E-state index contributed by atoms with van der Waals surface area (Å²) in [4.78, 5) is 0. The third-order valence-electron chi connectivity index (χ3n) is 2.48. The summed E-state index contributed by atoms with van der Waals surface area (Å²) in [5, 5.41) is 8.86. The van der Waals surface area contributed by atoms with Crippen LogP contribution in [0.15, 0.2) is 24.3 Å². The van der Waals surface area contributed by atoms with E-state index in [1.165, 1.54) is 11.1 Å². The van der Waals surface area contributed by atoms with E-state index in [-0.39, 0.29) is 12.7 Å². The van der Waals surface area contributed by atoms with Gasteiger partial charge in [0.05, 0.1) is 12.7 Å². The van der Waals surface area contributed by atoms with Crippen molar-refractivity contribution >= 4 is 0 Å². The van der Waals surface area contributed by atoms with Crippen LogP contribution in [0.25, 0.3) is 0 Å². The Morgan fingerprint density at radius 1 is 1.38 bits per heavy atom. The van der Waals surface area contributed by atoms with E-state index in [9.17, 15) is 0 Å². The predicted octanol–water partition coefficient (Wildman–Crippen LogP) is 1.68. The zero-order valence-corrected chi connectivity index (χ0v) is 7.57. The summed E-state index contributed by atoms with van der Waals surface area (Å²) in [6, 6.07) is 8.31. The van der Waals surface area contributed by atoms with Gasteiger partial charge in [0.15, 0.2) is 0 Å². The van der Waals surface area contributed by atoms with Crippen molar-refractivity contribution in [3.05, 3.63) is 35.4 Å². The Morgan fingerprint density at radius 2 is 2.23 bits per heavy atom. The molecule has 0 bridgehead atoms. The Labute approximate surface area is 78.2 Å². The van der Waals surface area contributed by atoms with Crippen LogP contribution in [0, 0.1) is 0 Å². The molecule has 2 rings (SSSR count). The van der Waals surface area contributed by atoms with Gasteiger partial charge >= 0.3 is 0 Å². The molecule has 1 aliphatic heterocycles. The van der Waals surface area contributed by atoms with Gasteiger partial charge in [-0.15, -0.1) is 0 Å². The summed E-state index contributed by atoms with van der Waals surface area (Å²) < 4.78 is 5.58. The molecule has 0 aliphatic carbocycles. The SMILES string of the molecule is OCC[C@H]1OCCc2ccccc21. The molecule has 1 N–H and O–H groups in total. The van der Waals surface area contributed by atoms with Gasteiger partial charge in [0.25, 0.3) is 0 Å². The van der Waals surface area contributed by atoms with E-state index in [4.69, 9.17) is 9.84 Å². The Balaban J connectivity index is 2.26. The first kappa shape index (κ1) is 8.73. The molecule has 70 valence electrons. The molecular formula is C11H14O2. The average molecular weight is 178 g/mol. The Hall–Kier alpha value is -0.860. The number of aliphatic hydroxyl groups is 1. The average Bonchev–Trinajstić information content (AvgIpc) is 2.19. The van der Waals surface area contributed by atoms with Crippen LogP contribution in [0.4, 0.5) is 0 Å². The summed E-state index contributed by atoms with van der Waals surface area (Å²) in [5.74, 6) is 0. The Morgan fingerprint density at radius 3 is 3.08 bits per heavy atom. The van der Waals surface area contributed by atoms with E-state index in [2.05, 4.69) is 18.2 Å². The molecule has 0 spiro atoms. The molecule has 1 aromatic rings. The first-order valence-corrected chi connectivity index (χ1v) is 4.72. The molecule has 1 atom stereocenters. The van der Waals surface area contributed by atoms with Crippen LogP contribution in [-0.2, 0) is 11.2 Å². The van der Waals surface area contributed by atoms with Crippen molar-refractivity contribution in [2.24, 2.45) is 0 Å². The second-order valence-corrected chi connectivity index (χ2v) is 3.32. The predicted molar refractivity (Wildman–Crippen MR) is 50.5 cm³/mol. The first-order valence-electron chi connectivity index (χ1n) is 4.72. The Kier molecular flexibility index (Phi) is 2.62. The fourth-order valence-corrected chi connectivity index (χ4v) is 1.83. The number of hydrogen-bond donors (Lipinski definition) is 1. The lowest BCUT2D eigenvalue weighted by Gasteiger charge is -2.25. The number of fused-ring (bicyclic) bond motifs is 1. The fraction of sp³-hybridized carbons (Fsp3) is 0.455. The van der Waals surface area contributed by atoms with Gasteiger partial charge in [0, 0.05) is 13.0 Å².